The number of tetrazole rings is 1. The van der Waals surface area contributed by atoms with Crippen molar-refractivity contribution in [2.75, 3.05) is 19.7 Å². The number of halogens is 1. The number of hydrogen-bond acceptors (Lipinski definition) is 6. The number of ether oxygens (including phenoxy) is 1. The summed E-state index contributed by atoms with van der Waals surface area (Å²) in [5.74, 6) is 0.541. The van der Waals surface area contributed by atoms with Crippen LogP contribution in [0.5, 0.6) is 0 Å². The van der Waals surface area contributed by atoms with Gasteiger partial charge in [0.15, 0.2) is 5.82 Å². The number of rotatable bonds is 7. The van der Waals surface area contributed by atoms with Gasteiger partial charge in [0.1, 0.15) is 5.82 Å². The highest BCUT2D eigenvalue weighted by Gasteiger charge is 2.27. The van der Waals surface area contributed by atoms with E-state index in [1.54, 1.807) is 17.0 Å². The molecule has 0 spiro atoms. The summed E-state index contributed by atoms with van der Waals surface area (Å²) in [5, 5.41) is 15.7. The van der Waals surface area contributed by atoms with Crippen LogP contribution in [0.25, 0.3) is 0 Å². The number of aromatic nitrogens is 4. The minimum Gasteiger partial charge on any atom is -0.450 e. The second-order valence-corrected chi connectivity index (χ2v) is 8.00. The van der Waals surface area contributed by atoms with Crippen LogP contribution < -0.4 is 5.32 Å². The summed E-state index contributed by atoms with van der Waals surface area (Å²) in [4.78, 5) is 13.6. The van der Waals surface area contributed by atoms with Crippen LogP contribution in [-0.4, -0.2) is 56.4 Å². The van der Waals surface area contributed by atoms with Crippen LogP contribution in [0.2, 0.25) is 0 Å². The highest BCUT2D eigenvalue weighted by molar-refractivity contribution is 5.67. The van der Waals surface area contributed by atoms with Gasteiger partial charge in [0.25, 0.3) is 0 Å². The summed E-state index contributed by atoms with van der Waals surface area (Å²) >= 11 is 0. The zero-order valence-electron chi connectivity index (χ0n) is 17.3. The topological polar surface area (TPSA) is 85.2 Å². The molecule has 3 rings (SSSR count). The molecule has 0 aliphatic carbocycles. The van der Waals surface area contributed by atoms with Gasteiger partial charge in [-0.15, -0.1) is 5.10 Å². The maximum Gasteiger partial charge on any atom is 0.409 e. The first kappa shape index (κ1) is 21.2. The van der Waals surface area contributed by atoms with Crippen molar-refractivity contribution in [3.63, 3.8) is 0 Å². The summed E-state index contributed by atoms with van der Waals surface area (Å²) in [6.45, 7) is 8.18. The van der Waals surface area contributed by atoms with Crippen molar-refractivity contribution in [2.45, 2.75) is 58.2 Å². The van der Waals surface area contributed by atoms with Gasteiger partial charge in [0, 0.05) is 18.6 Å². The predicted octanol–water partition coefficient (Wildman–Crippen LogP) is 2.72. The van der Waals surface area contributed by atoms with Gasteiger partial charge in [-0.2, -0.15) is 0 Å². The molecule has 158 valence electrons. The van der Waals surface area contributed by atoms with Gasteiger partial charge in [-0.25, -0.2) is 13.9 Å². The van der Waals surface area contributed by atoms with Crippen molar-refractivity contribution in [2.24, 2.45) is 0 Å². The third-order valence-electron chi connectivity index (χ3n) is 5.18. The van der Waals surface area contributed by atoms with E-state index >= 15 is 0 Å². The van der Waals surface area contributed by atoms with Crippen molar-refractivity contribution < 1.29 is 13.9 Å². The number of benzene rings is 1. The van der Waals surface area contributed by atoms with Crippen LogP contribution in [0.15, 0.2) is 24.3 Å². The van der Waals surface area contributed by atoms with E-state index in [0.29, 0.717) is 26.2 Å². The van der Waals surface area contributed by atoms with Gasteiger partial charge in [-0.1, -0.05) is 12.1 Å². The lowest BCUT2D eigenvalue weighted by molar-refractivity contribution is 0.0910. The Morgan fingerprint density at radius 2 is 1.97 bits per heavy atom. The van der Waals surface area contributed by atoms with E-state index in [4.69, 9.17) is 4.74 Å². The van der Waals surface area contributed by atoms with Crippen LogP contribution >= 0.6 is 0 Å². The molecular formula is C20H29FN6O2. The lowest BCUT2D eigenvalue weighted by atomic mass is 9.95. The van der Waals surface area contributed by atoms with E-state index in [1.165, 1.54) is 12.1 Å². The molecule has 1 aromatic carbocycles. The molecule has 2 aromatic rings. The fourth-order valence-corrected chi connectivity index (χ4v) is 3.61. The average molecular weight is 404 g/mol. The number of likely N-dealkylation sites (tertiary alicyclic amines) is 1. The Balaban J connectivity index is 1.55. The number of amides is 1. The molecule has 0 atom stereocenters. The van der Waals surface area contributed by atoms with Crippen molar-refractivity contribution in [3.05, 3.63) is 41.5 Å². The van der Waals surface area contributed by atoms with E-state index in [-0.39, 0.29) is 23.5 Å². The monoisotopic (exact) mass is 404 g/mol. The van der Waals surface area contributed by atoms with E-state index < -0.39 is 0 Å². The number of nitrogens with one attached hydrogen (secondary N) is 1. The number of carbonyl (C=O) groups is 1. The smallest absolute Gasteiger partial charge is 0.409 e. The Kier molecular flexibility index (Phi) is 6.79. The molecule has 9 heteroatoms. The molecule has 0 bridgehead atoms. The summed E-state index contributed by atoms with van der Waals surface area (Å²) in [5.41, 5.74) is 0.858. The molecule has 1 aliphatic heterocycles. The van der Waals surface area contributed by atoms with E-state index in [1.807, 2.05) is 11.6 Å². The van der Waals surface area contributed by atoms with Crippen molar-refractivity contribution in [1.82, 2.24) is 30.4 Å². The molecule has 1 fully saturated rings. The average Bonchev–Trinajstić information content (AvgIpc) is 3.17. The molecule has 1 saturated heterocycles. The van der Waals surface area contributed by atoms with Gasteiger partial charge in [0.2, 0.25) is 0 Å². The zero-order valence-corrected chi connectivity index (χ0v) is 17.3. The largest absolute Gasteiger partial charge is 0.450 e. The van der Waals surface area contributed by atoms with Crippen molar-refractivity contribution in [1.29, 1.82) is 0 Å². The summed E-state index contributed by atoms with van der Waals surface area (Å²) in [6, 6.07) is 6.73. The van der Waals surface area contributed by atoms with Crippen LogP contribution in [0, 0.1) is 5.82 Å². The Labute approximate surface area is 170 Å². The second kappa shape index (κ2) is 9.30. The van der Waals surface area contributed by atoms with Gasteiger partial charge in [-0.3, -0.25) is 0 Å². The first-order valence-corrected chi connectivity index (χ1v) is 10.1. The summed E-state index contributed by atoms with van der Waals surface area (Å²) in [6.07, 6.45) is 2.07. The third-order valence-corrected chi connectivity index (χ3v) is 5.18. The molecule has 2 heterocycles. The zero-order chi connectivity index (χ0) is 20.9. The van der Waals surface area contributed by atoms with Crippen LogP contribution in [0.4, 0.5) is 9.18 Å². The van der Waals surface area contributed by atoms with Crippen LogP contribution in [0.3, 0.4) is 0 Å². The Bertz CT molecular complexity index is 800. The van der Waals surface area contributed by atoms with Gasteiger partial charge < -0.3 is 15.0 Å². The lowest BCUT2D eigenvalue weighted by Gasteiger charge is -2.31. The second-order valence-electron chi connectivity index (χ2n) is 8.00. The normalized spacial score (nSPS) is 15.5. The van der Waals surface area contributed by atoms with E-state index in [9.17, 15) is 9.18 Å². The molecule has 29 heavy (non-hydrogen) atoms. The van der Waals surface area contributed by atoms with E-state index in [0.717, 1.165) is 30.7 Å². The highest BCUT2D eigenvalue weighted by atomic mass is 19.1. The molecule has 8 nitrogen and oxygen atoms in total. The van der Waals surface area contributed by atoms with Crippen LogP contribution in [-0.2, 0) is 17.7 Å². The molecule has 1 aliphatic rings. The number of nitrogens with zero attached hydrogens (tertiary/aromatic N) is 5. The first-order valence-electron chi connectivity index (χ1n) is 10.1. The van der Waals surface area contributed by atoms with Crippen LogP contribution in [0.1, 0.15) is 51.0 Å². The van der Waals surface area contributed by atoms with Crippen molar-refractivity contribution >= 4 is 6.09 Å². The minimum atomic E-state index is -0.257. The van der Waals surface area contributed by atoms with Gasteiger partial charge in [0.05, 0.1) is 19.2 Å². The summed E-state index contributed by atoms with van der Waals surface area (Å²) in [7, 11) is 0. The molecule has 1 amide bonds. The maximum atomic E-state index is 13.1. The van der Waals surface area contributed by atoms with Crippen molar-refractivity contribution in [3.8, 4) is 0 Å². The molecular weight excluding hydrogens is 375 g/mol. The molecule has 0 radical (unpaired) electrons. The lowest BCUT2D eigenvalue weighted by Crippen LogP contribution is -2.42. The van der Waals surface area contributed by atoms with Gasteiger partial charge >= 0.3 is 6.09 Å². The predicted molar refractivity (Wildman–Crippen MR) is 106 cm³/mol. The number of piperidine rings is 1. The Morgan fingerprint density at radius 3 is 2.62 bits per heavy atom. The number of hydrogen-bond donors (Lipinski definition) is 1. The Hall–Kier alpha value is -2.55. The molecule has 0 unspecified atom stereocenters. The number of carbonyl (C=O) groups excluding carboxylic acids is 1. The SMILES string of the molecule is CCOC(=O)N1CCC(n2nnnc2CNC(C)(C)Cc2ccc(F)cc2)CC1. The van der Waals surface area contributed by atoms with E-state index in [2.05, 4.69) is 34.7 Å². The van der Waals surface area contributed by atoms with Gasteiger partial charge in [-0.05, 0) is 68.2 Å². The standard InChI is InChI=1S/C20H29FN6O2/c1-4-29-19(28)26-11-9-17(10-12-26)27-18(23-24-25-27)14-22-20(2,3)13-15-5-7-16(21)8-6-15/h5-8,17,22H,4,9-14H2,1-3H3. The molecule has 1 N–H and O–H groups in total. The fraction of sp³-hybridized carbons (Fsp3) is 0.600. The molecule has 1 aromatic heterocycles. The third kappa shape index (κ3) is 5.72. The fourth-order valence-electron chi connectivity index (χ4n) is 3.61. The highest BCUT2D eigenvalue weighted by Crippen LogP contribution is 2.23. The minimum absolute atomic E-state index is 0.160. The first-order chi connectivity index (χ1) is 13.9. The summed E-state index contributed by atoms with van der Waals surface area (Å²) < 4.78 is 20.0. The maximum absolute atomic E-state index is 13.1. The quantitative estimate of drug-likeness (QED) is 0.764. The molecule has 0 saturated carbocycles. The Morgan fingerprint density at radius 1 is 1.28 bits per heavy atom.